The van der Waals surface area contributed by atoms with E-state index in [-0.39, 0.29) is 61.8 Å². The lowest BCUT2D eigenvalue weighted by molar-refractivity contribution is -0.140. The Bertz CT molecular complexity index is 2430. The number of amides is 9. The van der Waals surface area contributed by atoms with Crippen molar-refractivity contribution in [1.29, 1.82) is 0 Å². The number of benzene rings is 2. The van der Waals surface area contributed by atoms with Gasteiger partial charge in [-0.25, -0.2) is 9.78 Å². The number of nitrogens with one attached hydrogen (secondary N) is 7. The van der Waals surface area contributed by atoms with E-state index < -0.39 is 60.5 Å². The molecule has 9 amide bonds. The van der Waals surface area contributed by atoms with E-state index in [1.54, 1.807) is 12.1 Å². The predicted molar refractivity (Wildman–Crippen MR) is 294 cm³/mol. The second kappa shape index (κ2) is 41.5. The van der Waals surface area contributed by atoms with Crippen LogP contribution in [0.4, 0.5) is 15.6 Å². The Labute approximate surface area is 477 Å². The van der Waals surface area contributed by atoms with Crippen LogP contribution in [0, 0.1) is 0 Å². The minimum Gasteiger partial charge on any atom is -0.494 e. The Hall–Kier alpha value is -7.48. The van der Waals surface area contributed by atoms with Gasteiger partial charge in [0, 0.05) is 62.2 Å². The lowest BCUT2D eigenvalue weighted by Gasteiger charge is -2.17. The minimum absolute atomic E-state index is 0.0298. The number of rotatable bonds is 46. The average Bonchev–Trinajstić information content (AvgIpc) is 4.15. The van der Waals surface area contributed by atoms with Crippen molar-refractivity contribution >= 4 is 75.5 Å². The number of nitrogens with zero attached hydrogens (tertiary/aromatic N) is 2. The van der Waals surface area contributed by atoms with Gasteiger partial charge < -0.3 is 79.6 Å². The number of imide groups is 1. The summed E-state index contributed by atoms with van der Waals surface area (Å²) in [5.74, 6) is -4.51. The maximum atomic E-state index is 13.0. The van der Waals surface area contributed by atoms with Crippen LogP contribution in [0.3, 0.4) is 0 Å². The van der Waals surface area contributed by atoms with Crippen molar-refractivity contribution in [3.05, 3.63) is 83.4 Å². The Morgan fingerprint density at radius 1 is 0.573 bits per heavy atom. The summed E-state index contributed by atoms with van der Waals surface area (Å²) >= 11 is 0.995. The summed E-state index contributed by atoms with van der Waals surface area (Å²) < 4.78 is 49.4. The number of ether oxygens (including phenoxy) is 9. The molecule has 1 aliphatic heterocycles. The van der Waals surface area contributed by atoms with Gasteiger partial charge in [0.05, 0.1) is 125 Å². The van der Waals surface area contributed by atoms with Gasteiger partial charge in [-0.3, -0.25) is 48.6 Å². The number of carbonyl (C=O) groups excluding carboxylic acids is 8. The number of carboxylic acid groups (broad SMARTS) is 1. The molecule has 1 unspecified atom stereocenters. The number of aliphatic carboxylic acids is 1. The molecule has 0 bridgehead atoms. The van der Waals surface area contributed by atoms with Crippen molar-refractivity contribution in [2.75, 3.05) is 149 Å². The SMILES string of the molecule is O=C(O)CC(NC(=O)CNC(=O)c1csc(NC(=O)NCc2ccccc2)n1)C(=O)Nc1ccc(OCCCNC(=O)CCOCCOCCOCCOCCOCCOCCOCCOCCNC(=O)CCN2C(=O)C=CC2=O)cc1. The van der Waals surface area contributed by atoms with Gasteiger partial charge in [-0.05, 0) is 36.2 Å². The Kier molecular flexibility index (Phi) is 33.9. The summed E-state index contributed by atoms with van der Waals surface area (Å²) in [5.41, 5.74) is 1.13. The van der Waals surface area contributed by atoms with Gasteiger partial charge in [0.25, 0.3) is 17.7 Å². The molecule has 0 radical (unpaired) electrons. The van der Waals surface area contributed by atoms with Crippen molar-refractivity contribution in [2.24, 2.45) is 0 Å². The van der Waals surface area contributed by atoms with Crippen LogP contribution in [0.15, 0.2) is 72.1 Å². The zero-order valence-electron chi connectivity index (χ0n) is 45.5. The first kappa shape index (κ1) is 67.0. The third kappa shape index (κ3) is 30.9. The van der Waals surface area contributed by atoms with Crippen LogP contribution in [-0.2, 0) is 78.0 Å². The highest BCUT2D eigenvalue weighted by Crippen LogP contribution is 2.17. The van der Waals surface area contributed by atoms with E-state index >= 15 is 0 Å². The number of hydrogen-bond donors (Lipinski definition) is 8. The van der Waals surface area contributed by atoms with Gasteiger partial charge in [-0.1, -0.05) is 30.3 Å². The molecule has 1 atom stereocenters. The van der Waals surface area contributed by atoms with E-state index in [0.717, 1.165) is 21.8 Å². The molecule has 8 N–H and O–H groups in total. The molecule has 1 aromatic heterocycles. The number of carboxylic acids is 1. The third-order valence-corrected chi connectivity index (χ3v) is 11.6. The van der Waals surface area contributed by atoms with Crippen molar-refractivity contribution in [3.8, 4) is 5.75 Å². The highest BCUT2D eigenvalue weighted by Gasteiger charge is 2.25. The highest BCUT2D eigenvalue weighted by molar-refractivity contribution is 7.14. The summed E-state index contributed by atoms with van der Waals surface area (Å²) in [6.45, 7) is 6.67. The van der Waals surface area contributed by atoms with Crippen LogP contribution >= 0.6 is 11.3 Å². The maximum Gasteiger partial charge on any atom is 0.321 e. The van der Waals surface area contributed by atoms with E-state index in [4.69, 9.17) is 42.6 Å². The van der Waals surface area contributed by atoms with E-state index in [0.29, 0.717) is 130 Å². The lowest BCUT2D eigenvalue weighted by Crippen LogP contribution is -2.48. The minimum atomic E-state index is -1.47. The first-order chi connectivity index (χ1) is 39.9. The van der Waals surface area contributed by atoms with Crippen molar-refractivity contribution in [3.63, 3.8) is 0 Å². The molecule has 3 aromatic rings. The molecule has 2 aromatic carbocycles. The number of carbonyl (C=O) groups is 9. The van der Waals surface area contributed by atoms with Gasteiger partial charge in [-0.15, -0.1) is 11.3 Å². The predicted octanol–water partition coefficient (Wildman–Crippen LogP) is 0.632. The summed E-state index contributed by atoms with van der Waals surface area (Å²) in [7, 11) is 0. The smallest absolute Gasteiger partial charge is 0.321 e. The number of hydrogen-bond acceptors (Lipinski definition) is 20. The normalized spacial score (nSPS) is 12.2. The molecular weight excluding hydrogens is 1100 g/mol. The Morgan fingerprint density at radius 3 is 1.68 bits per heavy atom. The van der Waals surface area contributed by atoms with Gasteiger partial charge in [0.15, 0.2) is 5.13 Å². The van der Waals surface area contributed by atoms with Crippen molar-refractivity contribution < 1.29 is 90.9 Å². The Morgan fingerprint density at radius 2 is 1.11 bits per heavy atom. The molecule has 1 aliphatic rings. The van der Waals surface area contributed by atoms with Crippen molar-refractivity contribution in [2.45, 2.75) is 38.3 Å². The van der Waals surface area contributed by atoms with Gasteiger partial charge >= 0.3 is 12.0 Å². The van der Waals surface area contributed by atoms with E-state index in [9.17, 15) is 48.3 Å². The molecule has 2 heterocycles. The van der Waals surface area contributed by atoms with Crippen molar-refractivity contribution in [1.82, 2.24) is 36.5 Å². The summed E-state index contributed by atoms with van der Waals surface area (Å²) in [4.78, 5) is 114. The standard InChI is InChI=1S/C53H73N9O19S/c63-44(13-17-62-47(66)11-12-48(62)67)55-16-20-74-22-24-76-26-28-78-30-32-80-34-33-79-31-29-77-27-25-75-23-21-73-19-14-45(64)54-15-4-18-81-41-9-7-40(8-10-41)58-51(71)42(35-49(68)69)59-46(65)37-56-50(70)43-38-82-53(60-43)61-52(72)57-36-39-5-2-1-3-6-39/h1-3,5-12,38,42H,4,13-37H2,(H,54,64)(H,55,63)(H,56,70)(H,58,71)(H,59,65)(H,68,69)(H2,57,60,61,72). The van der Waals surface area contributed by atoms with E-state index in [1.165, 1.54) is 29.7 Å². The molecule has 0 saturated heterocycles. The fourth-order valence-electron chi connectivity index (χ4n) is 6.70. The summed E-state index contributed by atoms with van der Waals surface area (Å²) in [5, 5.41) is 28.8. The first-order valence-electron chi connectivity index (χ1n) is 26.4. The molecule has 82 heavy (non-hydrogen) atoms. The van der Waals surface area contributed by atoms with Crippen LogP contribution in [0.1, 0.15) is 41.7 Å². The molecule has 28 nitrogen and oxygen atoms in total. The number of thiazole rings is 1. The summed E-state index contributed by atoms with van der Waals surface area (Å²) in [6, 6.07) is 13.5. The average molecular weight is 1170 g/mol. The van der Waals surface area contributed by atoms with Crippen LogP contribution < -0.4 is 42.0 Å². The number of aromatic nitrogens is 1. The topological polar surface area (TPSA) is 357 Å². The highest BCUT2D eigenvalue weighted by atomic mass is 32.1. The van der Waals surface area contributed by atoms with Crippen LogP contribution in [-0.4, -0.2) is 213 Å². The molecule has 29 heteroatoms. The number of urea groups is 1. The van der Waals surface area contributed by atoms with Crippen LogP contribution in [0.5, 0.6) is 5.75 Å². The second-order valence-electron chi connectivity index (χ2n) is 17.2. The zero-order valence-corrected chi connectivity index (χ0v) is 46.3. The fourth-order valence-corrected chi connectivity index (χ4v) is 7.39. The summed E-state index contributed by atoms with van der Waals surface area (Å²) in [6.07, 6.45) is 2.34. The van der Waals surface area contributed by atoms with Crippen LogP contribution in [0.25, 0.3) is 0 Å². The second-order valence-corrected chi connectivity index (χ2v) is 18.1. The zero-order chi connectivity index (χ0) is 58.8. The monoisotopic (exact) mass is 1170 g/mol. The van der Waals surface area contributed by atoms with E-state index in [2.05, 4.69) is 42.2 Å². The maximum absolute atomic E-state index is 13.0. The lowest BCUT2D eigenvalue weighted by atomic mass is 10.1. The Balaban J connectivity index is 0.872. The third-order valence-electron chi connectivity index (χ3n) is 10.8. The largest absolute Gasteiger partial charge is 0.494 e. The molecule has 0 saturated carbocycles. The molecule has 0 fully saturated rings. The quantitative estimate of drug-likeness (QED) is 0.0284. The van der Waals surface area contributed by atoms with Gasteiger partial charge in [-0.2, -0.15) is 0 Å². The number of anilines is 2. The van der Waals surface area contributed by atoms with Crippen LogP contribution in [0.2, 0.25) is 0 Å². The molecule has 0 aliphatic carbocycles. The fraction of sp³-hybridized carbons (Fsp3) is 0.509. The van der Waals surface area contributed by atoms with Gasteiger partial charge in [0.1, 0.15) is 17.5 Å². The van der Waals surface area contributed by atoms with E-state index in [1.807, 2.05) is 30.3 Å². The molecular formula is C53H73N9O19S. The first-order valence-corrected chi connectivity index (χ1v) is 27.3. The molecule has 450 valence electrons. The van der Waals surface area contributed by atoms with Gasteiger partial charge in [0.2, 0.25) is 23.6 Å². The molecule has 4 rings (SSSR count). The molecule has 0 spiro atoms.